The molecule has 3 heterocycles. The Hall–Kier alpha value is -3.30. The van der Waals surface area contributed by atoms with E-state index in [9.17, 15) is 29.4 Å². The molecule has 0 spiro atoms. The van der Waals surface area contributed by atoms with Crippen LogP contribution in [-0.2, 0) is 47.6 Å². The van der Waals surface area contributed by atoms with Crippen LogP contribution in [0.1, 0.15) is 132 Å². The highest BCUT2D eigenvalue weighted by Gasteiger charge is 2.51. The van der Waals surface area contributed by atoms with Crippen molar-refractivity contribution in [1.29, 1.82) is 0 Å². The summed E-state index contributed by atoms with van der Waals surface area (Å²) in [5, 5.41) is 21.0. The summed E-state index contributed by atoms with van der Waals surface area (Å²) in [7, 11) is 4.87. The van der Waals surface area contributed by atoms with Crippen LogP contribution in [0.3, 0.4) is 0 Å². The van der Waals surface area contributed by atoms with Gasteiger partial charge in [-0.25, -0.2) is 4.79 Å². The lowest BCUT2D eigenvalue weighted by molar-refractivity contribution is -0.184. The zero-order valence-electron chi connectivity index (χ0n) is 43.3. The number of amides is 1. The number of fused-ring (bicyclic) bond motifs is 3. The fourth-order valence-corrected chi connectivity index (χ4v) is 10.8. The number of esters is 1. The van der Waals surface area contributed by atoms with Crippen molar-refractivity contribution in [2.24, 2.45) is 35.5 Å². The summed E-state index contributed by atoms with van der Waals surface area (Å²) in [6.07, 6.45) is 15.4. The molecule has 0 aromatic heterocycles. The number of Topliss-reactive ketones (excluding diaryl/α,β-unsaturated/α-hetero) is 2. The summed E-state index contributed by atoms with van der Waals surface area (Å²) in [5.41, 5.74) is 0.901. The average molecular weight is 954 g/mol. The number of allylic oxidation sites excluding steroid dienone is 6. The minimum atomic E-state index is -1.42. The Morgan fingerprint density at radius 2 is 1.62 bits per heavy atom. The quantitative estimate of drug-likeness (QED) is 0.129. The number of ketones is 2. The second-order valence-electron chi connectivity index (χ2n) is 20.7. The predicted molar refractivity (Wildman–Crippen MR) is 264 cm³/mol. The highest BCUT2D eigenvalue weighted by molar-refractivity contribution is 6.39. The van der Waals surface area contributed by atoms with Crippen LogP contribution < -0.4 is 0 Å². The molecule has 2 bridgehead atoms. The van der Waals surface area contributed by atoms with Gasteiger partial charge in [0.05, 0.1) is 37.6 Å². The van der Waals surface area contributed by atoms with Crippen LogP contribution >= 0.6 is 0 Å². The molecule has 4 rings (SSSR count). The van der Waals surface area contributed by atoms with E-state index in [1.54, 1.807) is 48.2 Å². The third-order valence-electron chi connectivity index (χ3n) is 15.6. The molecule has 3 fully saturated rings. The Morgan fingerprint density at radius 3 is 2.29 bits per heavy atom. The van der Waals surface area contributed by atoms with Gasteiger partial charge in [0.1, 0.15) is 35.7 Å². The van der Waals surface area contributed by atoms with Crippen molar-refractivity contribution in [1.82, 2.24) is 4.90 Å². The Bertz CT molecular complexity index is 1800. The van der Waals surface area contributed by atoms with Crippen LogP contribution in [0.15, 0.2) is 59.8 Å². The van der Waals surface area contributed by atoms with Crippen LogP contribution in [0.25, 0.3) is 0 Å². The number of cyclic esters (lactones) is 1. The summed E-state index contributed by atoms with van der Waals surface area (Å²) in [5.74, 6) is -3.00. The molecule has 3 aliphatic heterocycles. The van der Waals surface area contributed by atoms with Crippen molar-refractivity contribution in [2.45, 2.75) is 187 Å². The lowest BCUT2D eigenvalue weighted by atomic mass is 9.78. The van der Waals surface area contributed by atoms with Gasteiger partial charge in [0.2, 0.25) is 0 Å². The largest absolute Gasteiger partial charge is 0.460 e. The van der Waals surface area contributed by atoms with Crippen molar-refractivity contribution < 1.29 is 57.8 Å². The smallest absolute Gasteiger partial charge is 0.329 e. The molecule has 13 heteroatoms. The number of carbonyl (C=O) groups excluding carboxylic acids is 4. The SMILES string of the molecule is C=C1[C@H](C)C[C@@H](C)/C=C/C=C/C=C(\C)[C@H](OC)C[C@H]2CC[C@@H](C)[C@@](C)(O2)C(=O)C(=O)N2CCCC[C@H]2C(=O)O[C@@H]([C@@H](C)C[C@@H]2CC[C@H](OCCO)[C@H](OC)C2)CC(=O)[C@@H](C)/C=C(\C)[C@@H](O)[C@@H]1OC. The number of rotatable bonds is 9. The summed E-state index contributed by atoms with van der Waals surface area (Å²) in [6.45, 7) is 20.1. The standard InChI is InChI=1S/C55H87NO12/c1-34-18-14-13-15-19-35(2)47(63-10)32-43-23-21-40(7)55(9,68-43)52(60)53(61)56-25-17-16-20-44(56)54(62)67-48(38(5)30-42-22-24-46(66-27-26-57)49(31-42)64-11)33-45(58)37(4)29-39(6)50(59)51(65-12)41(8)36(3)28-34/h13-15,18-19,29,34,36-38,40,42-44,46-51,57,59H,8,16-17,20-28,30-33H2,1-7,9-12H3/b15-13+,18-14+,35-19+,39-29+/t34-,36+,37-,38-,40+,42-,43+,44-,46-,47+,48+,49+,50+,51+,55+/m0/s1. The first-order valence-corrected chi connectivity index (χ1v) is 25.4. The van der Waals surface area contributed by atoms with Gasteiger partial charge in [0, 0.05) is 46.6 Å². The van der Waals surface area contributed by atoms with E-state index >= 15 is 0 Å². The van der Waals surface area contributed by atoms with Crippen molar-refractivity contribution in [2.75, 3.05) is 41.1 Å². The molecule has 0 unspecified atom stereocenters. The average Bonchev–Trinajstić information content (AvgIpc) is 3.32. The first kappa shape index (κ1) is 57.3. The number of carbonyl (C=O) groups is 4. The first-order chi connectivity index (χ1) is 32.3. The number of aliphatic hydroxyl groups is 2. The zero-order chi connectivity index (χ0) is 50.3. The number of methoxy groups -OCH3 is 3. The molecule has 68 heavy (non-hydrogen) atoms. The minimum Gasteiger partial charge on any atom is -0.460 e. The van der Waals surface area contributed by atoms with Crippen LogP contribution in [0.5, 0.6) is 0 Å². The van der Waals surface area contributed by atoms with Crippen molar-refractivity contribution in [3.8, 4) is 0 Å². The fourth-order valence-electron chi connectivity index (χ4n) is 10.8. The Morgan fingerprint density at radius 1 is 0.882 bits per heavy atom. The van der Waals surface area contributed by atoms with E-state index in [0.717, 1.165) is 30.4 Å². The van der Waals surface area contributed by atoms with E-state index < -0.39 is 53.5 Å². The van der Waals surface area contributed by atoms with E-state index in [4.69, 9.17) is 28.4 Å². The van der Waals surface area contributed by atoms with Gasteiger partial charge in [-0.3, -0.25) is 14.4 Å². The molecule has 2 saturated heterocycles. The van der Waals surface area contributed by atoms with Crippen LogP contribution in [0, 0.1) is 35.5 Å². The minimum absolute atomic E-state index is 0.0162. The third-order valence-corrected chi connectivity index (χ3v) is 15.6. The molecule has 4 aliphatic rings. The fraction of sp³-hybridized carbons (Fsp3) is 0.745. The molecule has 1 aliphatic carbocycles. The topological polar surface area (TPSA) is 167 Å². The van der Waals surface area contributed by atoms with Gasteiger partial charge in [-0.05, 0) is 131 Å². The molecule has 2 N–H and O–H groups in total. The highest BCUT2D eigenvalue weighted by atomic mass is 16.6. The number of ether oxygens (including phenoxy) is 6. The molecule has 1 amide bonds. The molecule has 1 saturated carbocycles. The second-order valence-corrected chi connectivity index (χ2v) is 20.7. The van der Waals surface area contributed by atoms with E-state index in [0.29, 0.717) is 56.9 Å². The van der Waals surface area contributed by atoms with Crippen molar-refractivity contribution >= 4 is 23.4 Å². The van der Waals surface area contributed by atoms with Gasteiger partial charge in [-0.1, -0.05) is 77.7 Å². The number of hydrogen-bond acceptors (Lipinski definition) is 12. The molecule has 13 nitrogen and oxygen atoms in total. The summed E-state index contributed by atoms with van der Waals surface area (Å²) in [4.78, 5) is 59.2. The van der Waals surface area contributed by atoms with Gasteiger partial charge in [-0.15, -0.1) is 0 Å². The van der Waals surface area contributed by atoms with Gasteiger partial charge in [0.15, 0.2) is 0 Å². The second kappa shape index (κ2) is 27.3. The zero-order valence-corrected chi connectivity index (χ0v) is 43.3. The van der Waals surface area contributed by atoms with E-state index in [1.165, 1.54) is 4.90 Å². The van der Waals surface area contributed by atoms with E-state index in [1.807, 2.05) is 45.1 Å². The first-order valence-electron chi connectivity index (χ1n) is 25.4. The van der Waals surface area contributed by atoms with Gasteiger partial charge < -0.3 is 43.5 Å². The van der Waals surface area contributed by atoms with Gasteiger partial charge in [-0.2, -0.15) is 0 Å². The molecule has 0 aromatic rings. The molecular weight excluding hydrogens is 867 g/mol. The maximum absolute atomic E-state index is 14.5. The molecule has 15 atom stereocenters. The van der Waals surface area contributed by atoms with Gasteiger partial charge >= 0.3 is 5.97 Å². The van der Waals surface area contributed by atoms with Crippen LogP contribution in [-0.4, -0.2) is 134 Å². The van der Waals surface area contributed by atoms with Crippen LogP contribution in [0.2, 0.25) is 0 Å². The number of piperidine rings is 1. The number of nitrogens with zero attached hydrogens (tertiary/aromatic N) is 1. The Balaban J connectivity index is 1.70. The molecule has 384 valence electrons. The van der Waals surface area contributed by atoms with Gasteiger partial charge in [0.25, 0.3) is 11.7 Å². The lowest BCUT2D eigenvalue weighted by Gasteiger charge is -2.44. The predicted octanol–water partition coefficient (Wildman–Crippen LogP) is 8.25. The Kier molecular flexibility index (Phi) is 23.0. The monoisotopic (exact) mass is 954 g/mol. The highest BCUT2D eigenvalue weighted by Crippen LogP contribution is 2.39. The summed E-state index contributed by atoms with van der Waals surface area (Å²) in [6, 6.07) is -1.01. The van der Waals surface area contributed by atoms with E-state index in [2.05, 4.69) is 26.5 Å². The summed E-state index contributed by atoms with van der Waals surface area (Å²) < 4.78 is 36.5. The maximum Gasteiger partial charge on any atom is 0.329 e. The number of hydrogen-bond donors (Lipinski definition) is 2. The summed E-state index contributed by atoms with van der Waals surface area (Å²) >= 11 is 0. The molecular formula is C55H87NO12. The molecule has 0 aromatic carbocycles. The number of aliphatic hydroxyl groups excluding tert-OH is 2. The van der Waals surface area contributed by atoms with Crippen molar-refractivity contribution in [3.05, 3.63) is 59.8 Å². The Labute approximate surface area is 408 Å². The molecule has 0 radical (unpaired) electrons. The van der Waals surface area contributed by atoms with Crippen LogP contribution in [0.4, 0.5) is 0 Å². The normalized spacial score (nSPS) is 39.2. The third kappa shape index (κ3) is 15.3. The maximum atomic E-state index is 14.5. The van der Waals surface area contributed by atoms with Crippen molar-refractivity contribution in [3.63, 3.8) is 0 Å². The lowest BCUT2D eigenvalue weighted by Crippen LogP contribution is -2.59. The van der Waals surface area contributed by atoms with E-state index in [-0.39, 0.29) is 86.0 Å².